The van der Waals surface area contributed by atoms with Crippen molar-refractivity contribution >= 4 is 11.6 Å². The number of rotatable bonds is 2. The van der Waals surface area contributed by atoms with Gasteiger partial charge < -0.3 is 0 Å². The van der Waals surface area contributed by atoms with Crippen LogP contribution in [0, 0.1) is 24.2 Å². The van der Waals surface area contributed by atoms with Crippen molar-refractivity contribution < 1.29 is 13.2 Å². The van der Waals surface area contributed by atoms with Crippen LogP contribution in [0.25, 0.3) is 5.69 Å². The number of hydrogen-bond donors (Lipinski definition) is 0. The van der Waals surface area contributed by atoms with Crippen molar-refractivity contribution in [3.05, 3.63) is 56.7 Å². The summed E-state index contributed by atoms with van der Waals surface area (Å²) in [7, 11) is 0. The van der Waals surface area contributed by atoms with Gasteiger partial charge in [-0.1, -0.05) is 11.6 Å². The summed E-state index contributed by atoms with van der Waals surface area (Å²) in [5.41, 5.74) is 0.827. The van der Waals surface area contributed by atoms with Gasteiger partial charge in [0.05, 0.1) is 28.9 Å². The molecule has 2 aromatic rings. The summed E-state index contributed by atoms with van der Waals surface area (Å²) >= 11 is 6.09. The van der Waals surface area contributed by atoms with Gasteiger partial charge >= 0.3 is 6.18 Å². The summed E-state index contributed by atoms with van der Waals surface area (Å²) in [5.74, 6) is -1.15. The van der Waals surface area contributed by atoms with E-state index < -0.39 is 17.7 Å². The van der Waals surface area contributed by atoms with E-state index in [9.17, 15) is 18.0 Å². The molecule has 1 saturated carbocycles. The Morgan fingerprint density at radius 1 is 1.19 bits per heavy atom. The lowest BCUT2D eigenvalue weighted by atomic mass is 9.81. The molecule has 3 rings (SSSR count). The summed E-state index contributed by atoms with van der Waals surface area (Å²) in [6.45, 7) is 1.61. The quantitative estimate of drug-likeness (QED) is 0.726. The molecule has 27 heavy (non-hydrogen) atoms. The number of aryl methyl sites for hydroxylation is 1. The predicted octanol–water partition coefficient (Wildman–Crippen LogP) is 4.90. The molecule has 0 N–H and O–H groups in total. The number of benzene rings is 1. The summed E-state index contributed by atoms with van der Waals surface area (Å²) in [6, 6.07) is 8.36. The molecule has 4 nitrogen and oxygen atoms in total. The fourth-order valence-corrected chi connectivity index (χ4v) is 3.64. The van der Waals surface area contributed by atoms with Gasteiger partial charge in [-0.15, -0.1) is 0 Å². The Labute approximate surface area is 159 Å². The van der Waals surface area contributed by atoms with Crippen LogP contribution in [-0.4, -0.2) is 15.7 Å². The molecule has 1 fully saturated rings. The van der Waals surface area contributed by atoms with Gasteiger partial charge in [0.2, 0.25) is 0 Å². The molecule has 0 saturated heterocycles. The second kappa shape index (κ2) is 7.35. The van der Waals surface area contributed by atoms with Crippen molar-refractivity contribution in [2.45, 2.75) is 44.7 Å². The first-order valence-corrected chi connectivity index (χ1v) is 8.96. The molecule has 0 spiro atoms. The molecule has 0 amide bonds. The zero-order valence-corrected chi connectivity index (χ0v) is 15.3. The van der Waals surface area contributed by atoms with Crippen LogP contribution in [0.3, 0.4) is 0 Å². The molecule has 1 aliphatic rings. The van der Waals surface area contributed by atoms with Crippen molar-refractivity contribution in [3.8, 4) is 11.8 Å². The van der Waals surface area contributed by atoms with Crippen molar-refractivity contribution in [3.63, 3.8) is 0 Å². The van der Waals surface area contributed by atoms with Crippen LogP contribution in [-0.2, 0) is 0 Å². The van der Waals surface area contributed by atoms with Crippen LogP contribution in [0.5, 0.6) is 0 Å². The zero-order valence-electron chi connectivity index (χ0n) is 14.6. The van der Waals surface area contributed by atoms with E-state index in [2.05, 4.69) is 4.98 Å². The smallest absolute Gasteiger partial charge is 0.267 e. The van der Waals surface area contributed by atoms with Gasteiger partial charge in [0, 0.05) is 5.92 Å². The van der Waals surface area contributed by atoms with Crippen molar-refractivity contribution in [1.29, 1.82) is 5.26 Å². The molecular formula is C19H17ClF3N3O. The van der Waals surface area contributed by atoms with E-state index in [1.165, 1.54) is 4.57 Å². The number of nitrogens with zero attached hydrogens (tertiary/aromatic N) is 3. The van der Waals surface area contributed by atoms with Gasteiger partial charge in [0.1, 0.15) is 10.8 Å². The monoisotopic (exact) mass is 395 g/mol. The molecule has 1 aliphatic carbocycles. The minimum absolute atomic E-state index is 0.0130. The third kappa shape index (κ3) is 3.86. The molecule has 1 aromatic heterocycles. The summed E-state index contributed by atoms with van der Waals surface area (Å²) < 4.78 is 40.2. The maximum atomic E-state index is 13.0. The Balaban J connectivity index is 2.03. The molecule has 0 atom stereocenters. The summed E-state index contributed by atoms with van der Waals surface area (Å²) in [6.07, 6.45) is -3.57. The van der Waals surface area contributed by atoms with E-state index in [-0.39, 0.29) is 23.8 Å². The highest BCUT2D eigenvalue weighted by Crippen LogP contribution is 2.42. The highest BCUT2D eigenvalue weighted by Gasteiger charge is 2.42. The minimum atomic E-state index is -4.19. The van der Waals surface area contributed by atoms with Crippen molar-refractivity contribution in [1.82, 2.24) is 9.55 Å². The average molecular weight is 396 g/mol. The number of alkyl halides is 3. The van der Waals surface area contributed by atoms with E-state index in [4.69, 9.17) is 16.9 Å². The van der Waals surface area contributed by atoms with Gasteiger partial charge in [-0.3, -0.25) is 9.36 Å². The Morgan fingerprint density at radius 3 is 2.30 bits per heavy atom. The highest BCUT2D eigenvalue weighted by molar-refractivity contribution is 6.31. The molecule has 142 valence electrons. The first kappa shape index (κ1) is 19.4. The number of aromatic nitrogens is 2. The SMILES string of the molecule is Cc1nc(C2CCC(C(F)(F)F)CC2)n(-c2ccc(C#N)cc2)c(=O)c1Cl. The molecule has 0 bridgehead atoms. The third-order valence-corrected chi connectivity index (χ3v) is 5.46. The van der Waals surface area contributed by atoms with Gasteiger partial charge in [0.15, 0.2) is 0 Å². The average Bonchev–Trinajstić information content (AvgIpc) is 2.65. The van der Waals surface area contributed by atoms with Gasteiger partial charge in [-0.25, -0.2) is 4.98 Å². The zero-order chi connectivity index (χ0) is 19.8. The topological polar surface area (TPSA) is 58.7 Å². The van der Waals surface area contributed by atoms with E-state index >= 15 is 0 Å². The highest BCUT2D eigenvalue weighted by atomic mass is 35.5. The third-order valence-electron chi connectivity index (χ3n) is 5.03. The number of hydrogen-bond acceptors (Lipinski definition) is 3. The van der Waals surface area contributed by atoms with Gasteiger partial charge in [-0.05, 0) is 56.9 Å². The second-order valence-electron chi connectivity index (χ2n) is 6.76. The Kier molecular flexibility index (Phi) is 5.29. The van der Waals surface area contributed by atoms with Crippen molar-refractivity contribution in [2.24, 2.45) is 5.92 Å². The molecule has 1 heterocycles. The standard InChI is InChI=1S/C19H17ClF3N3O/c1-11-16(20)18(27)26(15-8-2-12(10-24)3-9-15)17(25-11)13-4-6-14(7-5-13)19(21,22)23/h2-3,8-9,13-14H,4-7H2,1H3. The lowest BCUT2D eigenvalue weighted by Gasteiger charge is -2.30. The van der Waals surface area contributed by atoms with Gasteiger partial charge in [-0.2, -0.15) is 18.4 Å². The van der Waals surface area contributed by atoms with E-state index in [0.29, 0.717) is 35.6 Å². The molecule has 0 radical (unpaired) electrons. The minimum Gasteiger partial charge on any atom is -0.267 e. The largest absolute Gasteiger partial charge is 0.391 e. The lowest BCUT2D eigenvalue weighted by Crippen LogP contribution is -2.31. The molecular weight excluding hydrogens is 379 g/mol. The molecule has 0 unspecified atom stereocenters. The lowest BCUT2D eigenvalue weighted by molar-refractivity contribution is -0.182. The molecule has 1 aromatic carbocycles. The molecule has 8 heteroatoms. The Bertz CT molecular complexity index is 937. The Morgan fingerprint density at radius 2 is 1.78 bits per heavy atom. The summed E-state index contributed by atoms with van der Waals surface area (Å²) in [4.78, 5) is 17.2. The normalized spacial score (nSPS) is 20.3. The number of halogens is 4. The van der Waals surface area contributed by atoms with Crippen LogP contribution in [0.15, 0.2) is 29.1 Å². The van der Waals surface area contributed by atoms with Crippen molar-refractivity contribution in [2.75, 3.05) is 0 Å². The fraction of sp³-hybridized carbons (Fsp3) is 0.421. The van der Waals surface area contributed by atoms with Crippen LogP contribution in [0.2, 0.25) is 5.02 Å². The first-order valence-electron chi connectivity index (χ1n) is 8.58. The first-order chi connectivity index (χ1) is 12.7. The maximum Gasteiger partial charge on any atom is 0.391 e. The molecule has 0 aliphatic heterocycles. The van der Waals surface area contributed by atoms with Gasteiger partial charge in [0.25, 0.3) is 5.56 Å². The van der Waals surface area contributed by atoms with E-state index in [0.717, 1.165) is 0 Å². The van der Waals surface area contributed by atoms with E-state index in [1.54, 1.807) is 31.2 Å². The van der Waals surface area contributed by atoms with E-state index in [1.807, 2.05) is 6.07 Å². The van der Waals surface area contributed by atoms with Crippen LogP contribution >= 0.6 is 11.6 Å². The maximum absolute atomic E-state index is 13.0. The second-order valence-corrected chi connectivity index (χ2v) is 7.14. The van der Waals surface area contributed by atoms with Crippen LogP contribution in [0.4, 0.5) is 13.2 Å². The van der Waals surface area contributed by atoms with Crippen LogP contribution in [0.1, 0.15) is 48.7 Å². The fourth-order valence-electron chi connectivity index (χ4n) is 3.52. The predicted molar refractivity (Wildman–Crippen MR) is 95.1 cm³/mol. The van der Waals surface area contributed by atoms with Crippen LogP contribution < -0.4 is 5.56 Å². The summed E-state index contributed by atoms with van der Waals surface area (Å²) in [5, 5.41) is 8.92. The number of nitriles is 1. The Hall–Kier alpha value is -2.33.